The minimum atomic E-state index is -0.0797. The van der Waals surface area contributed by atoms with Gasteiger partial charge in [-0.25, -0.2) is 0 Å². The average molecular weight is 403 g/mol. The molecule has 0 radical (unpaired) electrons. The molecule has 0 saturated carbocycles. The van der Waals surface area contributed by atoms with Crippen LogP contribution in [0.25, 0.3) is 11.6 Å². The Labute approximate surface area is 154 Å². The summed E-state index contributed by atoms with van der Waals surface area (Å²) in [5.74, 6) is 1.27. The average Bonchev–Trinajstić information content (AvgIpc) is 3.27. The molecule has 3 aromatic rings. The second-order valence-corrected chi connectivity index (χ2v) is 6.54. The van der Waals surface area contributed by atoms with Crippen LogP contribution in [0.5, 0.6) is 0 Å². The zero-order chi connectivity index (χ0) is 17.6. The normalized spacial score (nSPS) is 10.8. The summed E-state index contributed by atoms with van der Waals surface area (Å²) in [6, 6.07) is 11.5. The zero-order valence-electron chi connectivity index (χ0n) is 13.9. The molecule has 0 bridgehead atoms. The lowest BCUT2D eigenvalue weighted by Gasteiger charge is -2.07. The number of halogens is 1. The van der Waals surface area contributed by atoms with E-state index < -0.39 is 0 Å². The molecule has 0 spiro atoms. The lowest BCUT2D eigenvalue weighted by atomic mass is 10.2. The summed E-state index contributed by atoms with van der Waals surface area (Å²) in [5, 5.41) is 7.53. The van der Waals surface area contributed by atoms with E-state index in [1.54, 1.807) is 18.4 Å². The minimum absolute atomic E-state index is 0.0797. The van der Waals surface area contributed by atoms with E-state index in [1.165, 1.54) is 4.68 Å². The van der Waals surface area contributed by atoms with Gasteiger partial charge < -0.3 is 9.73 Å². The van der Waals surface area contributed by atoms with Gasteiger partial charge in [0.05, 0.1) is 6.26 Å². The van der Waals surface area contributed by atoms with E-state index in [0.29, 0.717) is 30.5 Å². The summed E-state index contributed by atoms with van der Waals surface area (Å²) in [5.41, 5.74) is 1.07. The van der Waals surface area contributed by atoms with E-state index in [0.717, 1.165) is 22.9 Å². The summed E-state index contributed by atoms with van der Waals surface area (Å²) >= 11 is 3.46. The van der Waals surface area contributed by atoms with Crippen LogP contribution >= 0.6 is 15.9 Å². The van der Waals surface area contributed by atoms with Gasteiger partial charge in [-0.3, -0.25) is 4.79 Å². The number of carbonyl (C=O) groups is 1. The molecule has 0 atom stereocenters. The van der Waals surface area contributed by atoms with Crippen molar-refractivity contribution in [1.82, 2.24) is 14.8 Å². The van der Waals surface area contributed by atoms with E-state index in [1.807, 2.05) is 24.3 Å². The number of nitrogens with one attached hydrogen (secondary N) is 1. The Balaban J connectivity index is 1.83. The number of benzene rings is 1. The Morgan fingerprint density at radius 3 is 2.92 bits per heavy atom. The fourth-order valence-corrected chi connectivity index (χ4v) is 2.82. The number of furan rings is 1. The van der Waals surface area contributed by atoms with Crippen LogP contribution in [0.15, 0.2) is 51.6 Å². The third kappa shape index (κ3) is 4.36. The number of rotatable bonds is 7. The molecular weight excluding hydrogens is 384 g/mol. The van der Waals surface area contributed by atoms with Crippen molar-refractivity contribution in [2.75, 3.05) is 5.32 Å². The number of unbranched alkanes of at least 4 members (excludes halogenated alkanes) is 1. The monoisotopic (exact) mass is 402 g/mol. The Morgan fingerprint density at radius 2 is 2.20 bits per heavy atom. The van der Waals surface area contributed by atoms with Gasteiger partial charge in [0.15, 0.2) is 5.76 Å². The Bertz CT molecular complexity index is 843. The first-order valence-electron chi connectivity index (χ1n) is 8.20. The molecule has 1 N–H and O–H groups in total. The van der Waals surface area contributed by atoms with Gasteiger partial charge in [0, 0.05) is 17.4 Å². The van der Waals surface area contributed by atoms with E-state index in [2.05, 4.69) is 38.3 Å². The van der Waals surface area contributed by atoms with Crippen molar-refractivity contribution in [3.05, 3.63) is 52.7 Å². The molecule has 1 aromatic carbocycles. The van der Waals surface area contributed by atoms with Crippen molar-refractivity contribution in [3.8, 4) is 11.6 Å². The van der Waals surface area contributed by atoms with Crippen molar-refractivity contribution in [3.63, 3.8) is 0 Å². The Hall–Kier alpha value is -2.41. The molecule has 25 heavy (non-hydrogen) atoms. The summed E-state index contributed by atoms with van der Waals surface area (Å²) in [7, 11) is 0. The highest BCUT2D eigenvalue weighted by atomic mass is 79.9. The maximum Gasteiger partial charge on any atom is 0.250 e. The highest BCUT2D eigenvalue weighted by molar-refractivity contribution is 9.10. The highest BCUT2D eigenvalue weighted by Gasteiger charge is 2.18. The maximum atomic E-state index is 12.5. The molecule has 0 aliphatic rings. The van der Waals surface area contributed by atoms with Crippen molar-refractivity contribution in [1.29, 1.82) is 0 Å². The summed E-state index contributed by atoms with van der Waals surface area (Å²) in [6.45, 7) is 2.59. The first kappa shape index (κ1) is 17.4. The summed E-state index contributed by atoms with van der Waals surface area (Å²) in [6.07, 6.45) is 3.76. The molecule has 130 valence electrons. The molecule has 0 saturated heterocycles. The Kier molecular flexibility index (Phi) is 5.65. The number of hydrogen-bond acceptors (Lipinski definition) is 5. The van der Waals surface area contributed by atoms with Gasteiger partial charge >= 0.3 is 0 Å². The van der Waals surface area contributed by atoms with Crippen LogP contribution in [-0.2, 0) is 6.54 Å². The van der Waals surface area contributed by atoms with Crippen molar-refractivity contribution in [2.24, 2.45) is 0 Å². The van der Waals surface area contributed by atoms with Crippen LogP contribution in [0, 0.1) is 0 Å². The number of nitrogens with zero attached hydrogens (tertiary/aromatic N) is 3. The lowest BCUT2D eigenvalue weighted by Crippen LogP contribution is -2.16. The molecule has 7 heteroatoms. The number of carbonyl (C=O) groups excluding carboxylic acids is 1. The fourth-order valence-electron chi connectivity index (χ4n) is 2.37. The second-order valence-electron chi connectivity index (χ2n) is 5.63. The molecule has 3 rings (SSSR count). The predicted molar refractivity (Wildman–Crippen MR) is 99.3 cm³/mol. The molecular formula is C18H19BrN4O2. The van der Waals surface area contributed by atoms with Gasteiger partial charge in [-0.15, -0.1) is 5.10 Å². The molecule has 6 nitrogen and oxygen atoms in total. The molecule has 0 unspecified atom stereocenters. The fraction of sp³-hybridized carbons (Fsp3) is 0.278. The molecule has 0 aliphatic carbocycles. The first-order valence-corrected chi connectivity index (χ1v) is 8.99. The highest BCUT2D eigenvalue weighted by Crippen LogP contribution is 2.20. The predicted octanol–water partition coefficient (Wildman–Crippen LogP) is 4.74. The third-order valence-electron chi connectivity index (χ3n) is 3.67. The number of aromatic nitrogens is 3. The van der Waals surface area contributed by atoms with Gasteiger partial charge in [-0.05, 0) is 36.2 Å². The molecule has 0 amide bonds. The Morgan fingerprint density at radius 1 is 1.32 bits per heavy atom. The van der Waals surface area contributed by atoms with Crippen LogP contribution in [0.4, 0.5) is 5.95 Å². The van der Waals surface area contributed by atoms with Crippen LogP contribution in [0.3, 0.4) is 0 Å². The van der Waals surface area contributed by atoms with Gasteiger partial charge in [-0.2, -0.15) is 9.67 Å². The van der Waals surface area contributed by atoms with E-state index in [-0.39, 0.29) is 5.91 Å². The molecule has 2 aromatic heterocycles. The second kappa shape index (κ2) is 8.11. The SMILES string of the molecule is CCCCC(=O)n1nc(-c2ccco2)nc1NCc1cccc(Br)c1. The number of hydrogen-bond donors (Lipinski definition) is 1. The topological polar surface area (TPSA) is 73.0 Å². The van der Waals surface area contributed by atoms with E-state index >= 15 is 0 Å². The summed E-state index contributed by atoms with van der Waals surface area (Å²) < 4.78 is 7.69. The maximum absolute atomic E-state index is 12.5. The minimum Gasteiger partial charge on any atom is -0.461 e. The summed E-state index contributed by atoms with van der Waals surface area (Å²) in [4.78, 5) is 16.9. The van der Waals surface area contributed by atoms with Crippen molar-refractivity contribution < 1.29 is 9.21 Å². The van der Waals surface area contributed by atoms with Crippen molar-refractivity contribution >= 4 is 27.8 Å². The molecule has 0 aliphatic heterocycles. The standard InChI is InChI=1S/C18H19BrN4O2/c1-2-3-9-16(24)23-18(20-12-13-6-4-7-14(19)11-13)21-17(22-23)15-8-5-10-25-15/h4-8,10-11H,2-3,9,12H2,1H3,(H,20,21,22). The van der Waals surface area contributed by atoms with Crippen LogP contribution in [-0.4, -0.2) is 20.7 Å². The van der Waals surface area contributed by atoms with E-state index in [9.17, 15) is 4.79 Å². The van der Waals surface area contributed by atoms with Crippen molar-refractivity contribution in [2.45, 2.75) is 32.7 Å². The molecule has 0 fully saturated rings. The third-order valence-corrected chi connectivity index (χ3v) is 4.16. The van der Waals surface area contributed by atoms with Gasteiger partial charge in [0.2, 0.25) is 17.7 Å². The van der Waals surface area contributed by atoms with Gasteiger partial charge in [0.1, 0.15) is 0 Å². The van der Waals surface area contributed by atoms with Gasteiger partial charge in [-0.1, -0.05) is 41.4 Å². The largest absolute Gasteiger partial charge is 0.461 e. The number of anilines is 1. The molecule has 2 heterocycles. The van der Waals surface area contributed by atoms with Crippen LogP contribution < -0.4 is 5.32 Å². The smallest absolute Gasteiger partial charge is 0.250 e. The van der Waals surface area contributed by atoms with Crippen LogP contribution in [0.1, 0.15) is 36.5 Å². The zero-order valence-corrected chi connectivity index (χ0v) is 15.5. The first-order chi connectivity index (χ1) is 12.2. The van der Waals surface area contributed by atoms with Gasteiger partial charge in [0.25, 0.3) is 0 Å². The van der Waals surface area contributed by atoms with E-state index in [4.69, 9.17) is 4.42 Å². The quantitative estimate of drug-likeness (QED) is 0.617. The lowest BCUT2D eigenvalue weighted by molar-refractivity contribution is 0.0886. The van der Waals surface area contributed by atoms with Crippen LogP contribution in [0.2, 0.25) is 0 Å².